The number of fused-ring (bicyclic) bond motifs is 6. The Morgan fingerprint density at radius 2 is 1.57 bits per heavy atom. The van der Waals surface area contributed by atoms with E-state index >= 15 is 0 Å². The van der Waals surface area contributed by atoms with Gasteiger partial charge in [-0.15, -0.1) is 0 Å². The van der Waals surface area contributed by atoms with E-state index in [4.69, 9.17) is 9.32 Å². The third-order valence-electron chi connectivity index (χ3n) is 12.2. The first-order valence-electron chi connectivity index (χ1n) is 17.2. The van der Waals surface area contributed by atoms with E-state index < -0.39 is 46.0 Å². The molecule has 0 radical (unpaired) electrons. The van der Waals surface area contributed by atoms with Gasteiger partial charge in [-0.3, -0.25) is 4.21 Å². The van der Waals surface area contributed by atoms with E-state index in [1.807, 2.05) is 6.07 Å². The van der Waals surface area contributed by atoms with E-state index in [1.165, 1.54) is 49.7 Å². The molecule has 5 rings (SSSR count). The van der Waals surface area contributed by atoms with Gasteiger partial charge in [0.15, 0.2) is 0 Å². The summed E-state index contributed by atoms with van der Waals surface area (Å²) in [6.07, 6.45) is 9.66. The summed E-state index contributed by atoms with van der Waals surface area (Å²) in [5, 5.41) is 5.15. The highest BCUT2D eigenvalue weighted by Crippen LogP contribution is 2.76. The van der Waals surface area contributed by atoms with Gasteiger partial charge in [-0.2, -0.15) is 35.5 Å². The average molecular weight is 696 g/mol. The van der Waals surface area contributed by atoms with Crippen molar-refractivity contribution in [1.82, 2.24) is 0 Å². The van der Waals surface area contributed by atoms with Gasteiger partial charge in [-0.25, -0.2) is 0 Å². The van der Waals surface area contributed by atoms with Crippen LogP contribution in [0.4, 0.5) is 22.0 Å². The van der Waals surface area contributed by atoms with Crippen molar-refractivity contribution in [3.63, 3.8) is 0 Å². The highest BCUT2D eigenvalue weighted by atomic mass is 32.2. The predicted molar refractivity (Wildman–Crippen MR) is 170 cm³/mol. The van der Waals surface area contributed by atoms with E-state index in [-0.39, 0.29) is 11.5 Å². The minimum Gasteiger partial charge on any atom is -0.371 e. The highest BCUT2D eigenvalue weighted by Gasteiger charge is 2.67. The molecule has 0 aromatic heterocycles. The smallest absolute Gasteiger partial charge is 0.371 e. The molecular formula is C34H50F5NO4S2. The van der Waals surface area contributed by atoms with Gasteiger partial charge in [0.2, 0.25) is 0 Å². The van der Waals surface area contributed by atoms with Crippen molar-refractivity contribution < 1.29 is 38.8 Å². The van der Waals surface area contributed by atoms with Gasteiger partial charge in [0.05, 0.1) is 0 Å². The predicted octanol–water partition coefficient (Wildman–Crippen LogP) is 8.98. The first-order valence-corrected chi connectivity index (χ1v) is 20.2. The van der Waals surface area contributed by atoms with E-state index in [1.54, 1.807) is 6.07 Å². The Kier molecular flexibility index (Phi) is 10.9. The van der Waals surface area contributed by atoms with Crippen LogP contribution < -0.4 is 9.32 Å². The lowest BCUT2D eigenvalue weighted by Crippen LogP contribution is -2.46. The number of benzene rings is 1. The summed E-state index contributed by atoms with van der Waals surface area (Å²) < 4.78 is 103. The van der Waals surface area contributed by atoms with Crippen LogP contribution in [0.3, 0.4) is 0 Å². The molecule has 4 aliphatic carbocycles. The van der Waals surface area contributed by atoms with Gasteiger partial charge >= 0.3 is 22.4 Å². The van der Waals surface area contributed by atoms with Crippen LogP contribution in [-0.2, 0) is 27.5 Å². The SMILES string of the molecule is C[C@]12CCC3c4ccc(OS(N)(=O)=O)cc4C[C@@H](CCCCCCCCCS(=O)CCCC(F)(F)C(F)(F)F)C3C1CCC21CC1. The Morgan fingerprint density at radius 1 is 0.913 bits per heavy atom. The molecule has 2 N–H and O–H groups in total. The maximum atomic E-state index is 13.0. The maximum absolute atomic E-state index is 13.0. The summed E-state index contributed by atoms with van der Waals surface area (Å²) in [4.78, 5) is 0. The second-order valence-electron chi connectivity index (χ2n) is 14.9. The molecule has 3 saturated carbocycles. The van der Waals surface area contributed by atoms with Crippen LogP contribution in [0.5, 0.6) is 5.75 Å². The second-order valence-corrected chi connectivity index (χ2v) is 17.7. The van der Waals surface area contributed by atoms with Crippen molar-refractivity contribution in [3.8, 4) is 5.75 Å². The van der Waals surface area contributed by atoms with Crippen LogP contribution in [0.15, 0.2) is 18.2 Å². The fourth-order valence-corrected chi connectivity index (χ4v) is 11.3. The van der Waals surface area contributed by atoms with Crippen LogP contribution >= 0.6 is 0 Å². The zero-order chi connectivity index (χ0) is 33.4. The largest absolute Gasteiger partial charge is 0.453 e. The standard InChI is InChI=1S/C34H50F5NO4S2/c1-31-16-13-28-27-12-11-26(44-46(40,42)43)23-25(27)22-24(30(28)29(31)14-17-32(31)18-19-32)10-7-5-3-2-4-6-8-20-45(41)21-9-15-33(35,36)34(37,38)39/h11-12,23-24,28-30H,2-10,13-22H2,1H3,(H2,40,42,43)/t24-,28?,29?,30?,31+,45?/m1/s1. The number of alkyl halides is 5. The van der Waals surface area contributed by atoms with Crippen molar-refractivity contribution in [1.29, 1.82) is 0 Å². The number of nitrogens with two attached hydrogens (primary N) is 1. The molecule has 0 heterocycles. The number of rotatable bonds is 16. The molecule has 1 spiro atoms. The zero-order valence-electron chi connectivity index (χ0n) is 26.9. The number of hydrogen-bond donors (Lipinski definition) is 1. The molecule has 0 aliphatic heterocycles. The number of hydrogen-bond acceptors (Lipinski definition) is 4. The van der Waals surface area contributed by atoms with Gasteiger partial charge in [-0.05, 0) is 122 Å². The lowest BCUT2D eigenvalue weighted by molar-refractivity contribution is -0.284. The summed E-state index contributed by atoms with van der Waals surface area (Å²) >= 11 is 0. The van der Waals surface area contributed by atoms with E-state index in [2.05, 4.69) is 13.0 Å². The Balaban J connectivity index is 1.07. The number of unbranched alkanes of at least 4 members (excludes halogenated alkanes) is 6. The summed E-state index contributed by atoms with van der Waals surface area (Å²) in [7, 11) is -5.46. The lowest BCUT2D eigenvalue weighted by atomic mass is 9.50. The van der Waals surface area contributed by atoms with Crippen LogP contribution in [0.2, 0.25) is 0 Å². The highest BCUT2D eigenvalue weighted by molar-refractivity contribution is 7.85. The fourth-order valence-electron chi connectivity index (χ4n) is 9.69. The van der Waals surface area contributed by atoms with Crippen LogP contribution in [0.1, 0.15) is 127 Å². The summed E-state index contributed by atoms with van der Waals surface area (Å²) in [6, 6.07) is 5.72. The molecule has 0 amide bonds. The second kappa shape index (κ2) is 13.9. The molecule has 0 saturated heterocycles. The molecule has 12 heteroatoms. The van der Waals surface area contributed by atoms with E-state index in [9.17, 15) is 34.6 Å². The molecule has 0 bridgehead atoms. The molecule has 262 valence electrons. The molecule has 4 aliphatic rings. The van der Waals surface area contributed by atoms with Gasteiger partial charge in [0, 0.05) is 28.7 Å². The van der Waals surface area contributed by atoms with Crippen molar-refractivity contribution in [2.45, 2.75) is 134 Å². The van der Waals surface area contributed by atoms with Gasteiger partial charge in [-0.1, -0.05) is 51.5 Å². The van der Waals surface area contributed by atoms with Crippen LogP contribution in [-0.4, -0.2) is 36.2 Å². The Morgan fingerprint density at radius 3 is 2.22 bits per heavy atom. The Bertz CT molecular complexity index is 1350. The fraction of sp³-hybridized carbons (Fsp3) is 0.824. The zero-order valence-corrected chi connectivity index (χ0v) is 28.5. The summed E-state index contributed by atoms with van der Waals surface area (Å²) in [5.41, 5.74) is 3.55. The van der Waals surface area contributed by atoms with E-state index in [0.29, 0.717) is 40.8 Å². The van der Waals surface area contributed by atoms with Crippen molar-refractivity contribution in [2.24, 2.45) is 33.7 Å². The normalized spacial score (nSPS) is 29.2. The maximum Gasteiger partial charge on any atom is 0.453 e. The van der Waals surface area contributed by atoms with Crippen molar-refractivity contribution in [3.05, 3.63) is 29.3 Å². The quantitative estimate of drug-likeness (QED) is 0.138. The van der Waals surface area contributed by atoms with Crippen LogP contribution in [0, 0.1) is 28.6 Å². The third kappa shape index (κ3) is 7.95. The molecule has 1 aromatic rings. The summed E-state index contributed by atoms with van der Waals surface area (Å²) in [5.74, 6) is -1.79. The van der Waals surface area contributed by atoms with Crippen molar-refractivity contribution in [2.75, 3.05) is 11.5 Å². The Hall–Kier alpha value is -1.27. The van der Waals surface area contributed by atoms with E-state index in [0.717, 1.165) is 57.3 Å². The third-order valence-corrected chi connectivity index (χ3v) is 14.1. The molecule has 5 nitrogen and oxygen atoms in total. The summed E-state index contributed by atoms with van der Waals surface area (Å²) in [6.45, 7) is 2.57. The number of halogens is 5. The molecular weight excluding hydrogens is 646 g/mol. The monoisotopic (exact) mass is 695 g/mol. The molecule has 4 unspecified atom stereocenters. The van der Waals surface area contributed by atoms with Gasteiger partial charge in [0.1, 0.15) is 5.75 Å². The molecule has 6 atom stereocenters. The minimum absolute atomic E-state index is 0.124. The average Bonchev–Trinajstić information content (AvgIpc) is 3.69. The topological polar surface area (TPSA) is 86.5 Å². The van der Waals surface area contributed by atoms with Gasteiger partial charge in [0.25, 0.3) is 0 Å². The lowest BCUT2D eigenvalue weighted by Gasteiger charge is -2.54. The van der Waals surface area contributed by atoms with Crippen molar-refractivity contribution >= 4 is 21.1 Å². The van der Waals surface area contributed by atoms with Gasteiger partial charge < -0.3 is 4.18 Å². The molecule has 1 aromatic carbocycles. The first kappa shape index (κ1) is 36.0. The first-order chi connectivity index (χ1) is 21.6. The minimum atomic E-state index is -5.55. The van der Waals surface area contributed by atoms with Crippen LogP contribution in [0.25, 0.3) is 0 Å². The molecule has 3 fully saturated rings. The Labute approximate surface area is 273 Å². The molecule has 46 heavy (non-hydrogen) atoms.